The van der Waals surface area contributed by atoms with Crippen LogP contribution in [0.1, 0.15) is 0 Å². The van der Waals surface area contributed by atoms with Gasteiger partial charge < -0.3 is 9.47 Å². The third-order valence-electron chi connectivity index (χ3n) is 0.954. The SMILES string of the molecule is [C-]#[N+]C1OC(=O)OC1C#N. The molecule has 2 atom stereocenters. The highest BCUT2D eigenvalue weighted by atomic mass is 16.8. The van der Waals surface area contributed by atoms with Crippen LogP contribution < -0.4 is 0 Å². The van der Waals surface area contributed by atoms with Crippen LogP contribution in [-0.2, 0) is 9.47 Å². The predicted molar refractivity (Wildman–Crippen MR) is 27.4 cm³/mol. The van der Waals surface area contributed by atoms with E-state index < -0.39 is 18.5 Å². The van der Waals surface area contributed by atoms with Crippen molar-refractivity contribution in [3.05, 3.63) is 11.4 Å². The number of nitrogens with zero attached hydrogens (tertiary/aromatic N) is 2. The van der Waals surface area contributed by atoms with E-state index in [0.717, 1.165) is 0 Å². The molecule has 1 fully saturated rings. The molecule has 0 radical (unpaired) electrons. The molecule has 0 bridgehead atoms. The number of carbonyl (C=O) groups is 1. The fourth-order valence-corrected chi connectivity index (χ4v) is 0.534. The van der Waals surface area contributed by atoms with Crippen LogP contribution in [0.2, 0.25) is 0 Å². The molecule has 0 aliphatic carbocycles. The molecule has 1 aliphatic heterocycles. The van der Waals surface area contributed by atoms with Crippen molar-refractivity contribution in [2.24, 2.45) is 0 Å². The fourth-order valence-electron chi connectivity index (χ4n) is 0.534. The molecule has 0 saturated carbocycles. The zero-order valence-electron chi connectivity index (χ0n) is 4.77. The van der Waals surface area contributed by atoms with E-state index >= 15 is 0 Å². The third-order valence-corrected chi connectivity index (χ3v) is 0.954. The minimum atomic E-state index is -1.09. The Morgan fingerprint density at radius 3 is 2.80 bits per heavy atom. The summed E-state index contributed by atoms with van der Waals surface area (Å²) in [6.07, 6.45) is -3.10. The molecule has 0 aromatic heterocycles. The normalized spacial score (nSPS) is 29.6. The summed E-state index contributed by atoms with van der Waals surface area (Å²) >= 11 is 0. The van der Waals surface area contributed by atoms with Crippen LogP contribution in [0.15, 0.2) is 0 Å². The monoisotopic (exact) mass is 138 g/mol. The number of cyclic esters (lactones) is 2. The van der Waals surface area contributed by atoms with E-state index in [4.69, 9.17) is 11.8 Å². The second-order valence-corrected chi connectivity index (χ2v) is 1.56. The maximum absolute atomic E-state index is 10.2. The Morgan fingerprint density at radius 1 is 1.70 bits per heavy atom. The lowest BCUT2D eigenvalue weighted by molar-refractivity contribution is 0.122. The van der Waals surface area contributed by atoms with Gasteiger partial charge in [-0.15, -0.1) is 0 Å². The molecule has 0 aromatic carbocycles. The van der Waals surface area contributed by atoms with Gasteiger partial charge in [0, 0.05) is 0 Å². The summed E-state index contributed by atoms with van der Waals surface area (Å²) < 4.78 is 8.55. The van der Waals surface area contributed by atoms with Crippen molar-refractivity contribution in [3.63, 3.8) is 0 Å². The highest BCUT2D eigenvalue weighted by Crippen LogP contribution is 2.14. The van der Waals surface area contributed by atoms with Crippen LogP contribution in [0, 0.1) is 17.9 Å². The molecule has 0 spiro atoms. The summed E-state index contributed by atoms with van der Waals surface area (Å²) in [7, 11) is 0. The lowest BCUT2D eigenvalue weighted by atomic mass is 10.4. The number of hydrogen-bond acceptors (Lipinski definition) is 4. The van der Waals surface area contributed by atoms with Gasteiger partial charge in [0.2, 0.25) is 0 Å². The summed E-state index contributed by atoms with van der Waals surface area (Å²) in [5.41, 5.74) is 0. The highest BCUT2D eigenvalue weighted by Gasteiger charge is 2.41. The number of rotatable bonds is 0. The van der Waals surface area contributed by atoms with Gasteiger partial charge in [0.15, 0.2) is 0 Å². The molecule has 5 nitrogen and oxygen atoms in total. The van der Waals surface area contributed by atoms with Crippen molar-refractivity contribution >= 4 is 6.16 Å². The first-order valence-electron chi connectivity index (χ1n) is 2.41. The van der Waals surface area contributed by atoms with Crippen molar-refractivity contribution in [1.82, 2.24) is 0 Å². The van der Waals surface area contributed by atoms with Crippen molar-refractivity contribution < 1.29 is 14.3 Å². The molecular formula is C5H2N2O3. The van der Waals surface area contributed by atoms with Crippen LogP contribution in [-0.4, -0.2) is 18.5 Å². The van der Waals surface area contributed by atoms with Crippen molar-refractivity contribution in [2.45, 2.75) is 12.3 Å². The van der Waals surface area contributed by atoms with Gasteiger partial charge in [0.05, 0.1) is 0 Å². The highest BCUT2D eigenvalue weighted by molar-refractivity contribution is 5.63. The second kappa shape index (κ2) is 2.24. The van der Waals surface area contributed by atoms with E-state index in [1.54, 1.807) is 6.07 Å². The Labute approximate surface area is 56.6 Å². The molecule has 0 N–H and O–H groups in total. The molecule has 0 aromatic rings. The Kier molecular flexibility index (Phi) is 1.43. The number of nitriles is 1. The van der Waals surface area contributed by atoms with Crippen molar-refractivity contribution in [3.8, 4) is 6.07 Å². The van der Waals surface area contributed by atoms with E-state index in [0.29, 0.717) is 0 Å². The summed E-state index contributed by atoms with van der Waals surface area (Å²) in [5.74, 6) is 0. The zero-order valence-corrected chi connectivity index (χ0v) is 4.77. The van der Waals surface area contributed by atoms with Gasteiger partial charge in [-0.2, -0.15) is 5.26 Å². The Morgan fingerprint density at radius 2 is 2.40 bits per heavy atom. The molecule has 1 saturated heterocycles. The Hall–Kier alpha value is -1.75. The first kappa shape index (κ1) is 6.37. The number of carbonyl (C=O) groups excluding carboxylic acids is 1. The number of ether oxygens (including phenoxy) is 2. The first-order chi connectivity index (χ1) is 4.77. The lowest BCUT2D eigenvalue weighted by Gasteiger charge is -1.91. The molecule has 1 rings (SSSR count). The van der Waals surface area contributed by atoms with E-state index in [1.807, 2.05) is 0 Å². The standard InChI is InChI=1S/C5H2N2O3/c1-7-4-3(2-6)9-5(8)10-4/h3-4H. The average Bonchev–Trinajstić information content (AvgIpc) is 2.30. The summed E-state index contributed by atoms with van der Waals surface area (Å²) in [6.45, 7) is 6.44. The maximum Gasteiger partial charge on any atom is 0.516 e. The van der Waals surface area contributed by atoms with Gasteiger partial charge in [-0.25, -0.2) is 11.4 Å². The fraction of sp³-hybridized carbons (Fsp3) is 0.400. The third kappa shape index (κ3) is 0.848. The molecule has 5 heteroatoms. The summed E-state index contributed by atoms with van der Waals surface area (Å²) in [5, 5.41) is 8.23. The summed E-state index contributed by atoms with van der Waals surface area (Å²) in [4.78, 5) is 13.1. The summed E-state index contributed by atoms with van der Waals surface area (Å²) in [6, 6.07) is 1.61. The lowest BCUT2D eigenvalue weighted by Crippen LogP contribution is -2.15. The van der Waals surface area contributed by atoms with Crippen LogP contribution in [0.25, 0.3) is 4.85 Å². The molecule has 10 heavy (non-hydrogen) atoms. The van der Waals surface area contributed by atoms with Gasteiger partial charge in [0.25, 0.3) is 0 Å². The molecule has 2 unspecified atom stereocenters. The smallest absolute Gasteiger partial charge is 0.402 e. The topological polar surface area (TPSA) is 63.7 Å². The van der Waals surface area contributed by atoms with Gasteiger partial charge >= 0.3 is 18.5 Å². The molecule has 0 amide bonds. The Bertz CT molecular complexity index is 212. The van der Waals surface area contributed by atoms with Crippen molar-refractivity contribution in [1.29, 1.82) is 5.26 Å². The van der Waals surface area contributed by atoms with Crippen molar-refractivity contribution in [2.75, 3.05) is 0 Å². The second-order valence-electron chi connectivity index (χ2n) is 1.56. The van der Waals surface area contributed by atoms with E-state index in [9.17, 15) is 4.79 Å². The maximum atomic E-state index is 10.2. The largest absolute Gasteiger partial charge is 0.516 e. The van der Waals surface area contributed by atoms with E-state index in [-0.39, 0.29) is 0 Å². The molecular weight excluding hydrogens is 136 g/mol. The van der Waals surface area contributed by atoms with Gasteiger partial charge in [-0.1, -0.05) is 0 Å². The molecule has 1 heterocycles. The molecule has 50 valence electrons. The van der Waals surface area contributed by atoms with Gasteiger partial charge in [0.1, 0.15) is 6.07 Å². The van der Waals surface area contributed by atoms with Gasteiger partial charge in [-0.3, -0.25) is 4.85 Å². The quantitative estimate of drug-likeness (QED) is 0.356. The van der Waals surface area contributed by atoms with Crippen LogP contribution in [0.4, 0.5) is 4.79 Å². The average molecular weight is 138 g/mol. The minimum absolute atomic E-state index is 0.951. The molecule has 1 aliphatic rings. The van der Waals surface area contributed by atoms with Gasteiger partial charge in [-0.05, 0) is 0 Å². The zero-order chi connectivity index (χ0) is 7.56. The van der Waals surface area contributed by atoms with Crippen LogP contribution in [0.5, 0.6) is 0 Å². The number of hydrogen-bond donors (Lipinski definition) is 0. The Balaban J connectivity index is 2.71. The predicted octanol–water partition coefficient (Wildman–Crippen LogP) is 0.291. The van der Waals surface area contributed by atoms with E-state index in [2.05, 4.69) is 14.3 Å². The van der Waals surface area contributed by atoms with Crippen LogP contribution in [0.3, 0.4) is 0 Å². The van der Waals surface area contributed by atoms with Crippen LogP contribution >= 0.6 is 0 Å². The minimum Gasteiger partial charge on any atom is -0.402 e. The van der Waals surface area contributed by atoms with E-state index in [1.165, 1.54) is 0 Å². The first-order valence-corrected chi connectivity index (χ1v) is 2.41.